The van der Waals surface area contributed by atoms with E-state index >= 15 is 0 Å². The Morgan fingerprint density at radius 3 is 2.96 bits per heavy atom. The smallest absolute Gasteiger partial charge is 0.326 e. The van der Waals surface area contributed by atoms with Gasteiger partial charge in [0.15, 0.2) is 12.7 Å². The van der Waals surface area contributed by atoms with Crippen molar-refractivity contribution < 1.29 is 14.5 Å². The minimum Gasteiger partial charge on any atom is -0.326 e. The summed E-state index contributed by atoms with van der Waals surface area (Å²) in [5, 5.41) is 7.11. The van der Waals surface area contributed by atoms with E-state index in [1.54, 1.807) is 23.1 Å². The van der Waals surface area contributed by atoms with Gasteiger partial charge in [0.2, 0.25) is 0 Å². The number of hydrogen-bond donors (Lipinski definition) is 2. The van der Waals surface area contributed by atoms with Crippen molar-refractivity contribution in [1.29, 1.82) is 0 Å². The van der Waals surface area contributed by atoms with Crippen molar-refractivity contribution in [2.45, 2.75) is 24.9 Å². The summed E-state index contributed by atoms with van der Waals surface area (Å²) < 4.78 is 0. The second-order valence-electron chi connectivity index (χ2n) is 6.61. The van der Waals surface area contributed by atoms with Gasteiger partial charge in [-0.05, 0) is 41.3 Å². The molecule has 2 N–H and O–H groups in total. The fraction of sp³-hybridized carbons (Fsp3) is 0.444. The van der Waals surface area contributed by atoms with Gasteiger partial charge in [-0.3, -0.25) is 4.79 Å². The molecule has 1 fully saturated rings. The summed E-state index contributed by atoms with van der Waals surface area (Å²) in [6, 6.07) is 6.04. The normalized spacial score (nSPS) is 25.4. The van der Waals surface area contributed by atoms with Gasteiger partial charge in [-0.1, -0.05) is 6.07 Å². The first-order chi connectivity index (χ1) is 12.7. The van der Waals surface area contributed by atoms with Crippen molar-refractivity contribution in [1.82, 2.24) is 10.2 Å². The van der Waals surface area contributed by atoms with Crippen LogP contribution in [0.5, 0.6) is 0 Å². The Balaban J connectivity index is 1.55. The number of thioether (sulfide) groups is 1. The van der Waals surface area contributed by atoms with Crippen molar-refractivity contribution in [3.63, 3.8) is 0 Å². The summed E-state index contributed by atoms with van der Waals surface area (Å²) in [6.07, 6.45) is 3.71. The van der Waals surface area contributed by atoms with E-state index in [0.29, 0.717) is 13.1 Å². The Hall–Kier alpha value is -1.35. The number of nitrogens with zero attached hydrogens (tertiary/aromatic N) is 1. The van der Waals surface area contributed by atoms with Gasteiger partial charge in [0, 0.05) is 16.9 Å². The molecule has 2 aliphatic rings. The molecule has 1 saturated heterocycles. The summed E-state index contributed by atoms with van der Waals surface area (Å²) >= 11 is 5.26. The molecule has 0 aromatic carbocycles. The Bertz CT molecular complexity index is 789. The van der Waals surface area contributed by atoms with Crippen LogP contribution in [0.4, 0.5) is 4.79 Å². The highest BCUT2D eigenvalue weighted by Crippen LogP contribution is 2.31. The standard InChI is InChI=1S/C18H21N3O2S3/c1-24-9-6-13-17(22)21(18(23)19-13)11-20-7-4-14-12(5-10-26-14)16(20)15-3-2-8-25-15/h2-3,5,8,10,13,16H,4,6-7,9,11H2,1H3,(H,19,23)/p+1/t13-,16+/m0/s1. The summed E-state index contributed by atoms with van der Waals surface area (Å²) in [5.74, 6) is 0.801. The Labute approximate surface area is 165 Å². The first kappa shape index (κ1) is 18.0. The molecule has 2 aromatic heterocycles. The molecule has 3 amide bonds. The van der Waals surface area contributed by atoms with Gasteiger partial charge in [-0.2, -0.15) is 11.8 Å². The average molecular weight is 409 g/mol. The number of urea groups is 1. The zero-order valence-corrected chi connectivity index (χ0v) is 17.0. The summed E-state index contributed by atoms with van der Waals surface area (Å²) in [4.78, 5) is 30.5. The molecular formula is C18H22N3O2S3+. The van der Waals surface area contributed by atoms with Crippen molar-refractivity contribution in [2.75, 3.05) is 25.2 Å². The van der Waals surface area contributed by atoms with E-state index in [1.807, 2.05) is 17.6 Å². The molecule has 0 spiro atoms. The Kier molecular flexibility index (Phi) is 5.35. The minimum absolute atomic E-state index is 0.0717. The molecule has 138 valence electrons. The molecule has 3 atom stereocenters. The number of carbonyl (C=O) groups excluding carboxylic acids is 2. The number of quaternary nitrogens is 1. The first-order valence-electron chi connectivity index (χ1n) is 8.74. The van der Waals surface area contributed by atoms with Crippen LogP contribution in [0.15, 0.2) is 29.0 Å². The van der Waals surface area contributed by atoms with Crippen LogP contribution in [0.3, 0.4) is 0 Å². The van der Waals surface area contributed by atoms with Crippen LogP contribution in [0.25, 0.3) is 0 Å². The van der Waals surface area contributed by atoms with Gasteiger partial charge < -0.3 is 10.2 Å². The van der Waals surface area contributed by atoms with Gasteiger partial charge in [-0.25, -0.2) is 9.69 Å². The molecule has 0 bridgehead atoms. The molecule has 5 nitrogen and oxygen atoms in total. The molecule has 4 rings (SSSR count). The van der Waals surface area contributed by atoms with Crippen molar-refractivity contribution in [3.8, 4) is 0 Å². The number of imide groups is 1. The molecule has 4 heterocycles. The quantitative estimate of drug-likeness (QED) is 0.719. The van der Waals surface area contributed by atoms with E-state index in [2.05, 4.69) is 34.3 Å². The van der Waals surface area contributed by atoms with E-state index in [1.165, 1.54) is 25.1 Å². The topological polar surface area (TPSA) is 53.9 Å². The van der Waals surface area contributed by atoms with Crippen LogP contribution in [-0.4, -0.2) is 48.1 Å². The highest BCUT2D eigenvalue weighted by Gasteiger charge is 2.42. The van der Waals surface area contributed by atoms with Crippen molar-refractivity contribution >= 4 is 46.4 Å². The number of carbonyl (C=O) groups is 2. The van der Waals surface area contributed by atoms with Gasteiger partial charge in [0.1, 0.15) is 6.04 Å². The van der Waals surface area contributed by atoms with Crippen molar-refractivity contribution in [3.05, 3.63) is 44.3 Å². The largest absolute Gasteiger partial charge is 0.329 e. The van der Waals surface area contributed by atoms with E-state index in [9.17, 15) is 9.59 Å². The van der Waals surface area contributed by atoms with Crippen LogP contribution in [-0.2, 0) is 11.2 Å². The first-order valence-corrected chi connectivity index (χ1v) is 11.9. The number of thiophene rings is 2. The number of amides is 3. The lowest BCUT2D eigenvalue weighted by molar-refractivity contribution is -0.934. The lowest BCUT2D eigenvalue weighted by Crippen LogP contribution is -3.15. The fourth-order valence-electron chi connectivity index (χ4n) is 3.79. The van der Waals surface area contributed by atoms with Gasteiger partial charge in [0.05, 0.1) is 11.4 Å². The molecule has 2 aromatic rings. The number of rotatable bonds is 6. The summed E-state index contributed by atoms with van der Waals surface area (Å²) in [7, 11) is 0. The summed E-state index contributed by atoms with van der Waals surface area (Å²) in [5.41, 5.74) is 1.35. The van der Waals surface area contributed by atoms with Crippen LogP contribution in [0.1, 0.15) is 27.8 Å². The zero-order valence-electron chi connectivity index (χ0n) is 14.6. The maximum Gasteiger partial charge on any atom is 0.329 e. The lowest BCUT2D eigenvalue weighted by atomic mass is 9.99. The monoisotopic (exact) mass is 408 g/mol. The molecule has 0 radical (unpaired) electrons. The zero-order chi connectivity index (χ0) is 18.1. The van der Waals surface area contributed by atoms with E-state index in [0.717, 1.165) is 18.7 Å². The molecule has 2 aliphatic heterocycles. The predicted molar refractivity (Wildman–Crippen MR) is 107 cm³/mol. The Morgan fingerprint density at radius 2 is 2.19 bits per heavy atom. The number of fused-ring (bicyclic) bond motifs is 1. The molecule has 1 unspecified atom stereocenters. The fourth-order valence-corrected chi connectivity index (χ4v) is 6.08. The maximum atomic E-state index is 12.7. The van der Waals surface area contributed by atoms with Crippen LogP contribution < -0.4 is 10.2 Å². The maximum absolute atomic E-state index is 12.7. The molecule has 0 aliphatic carbocycles. The third kappa shape index (κ3) is 3.31. The Morgan fingerprint density at radius 1 is 1.31 bits per heavy atom. The molecular weight excluding hydrogens is 386 g/mol. The molecule has 0 saturated carbocycles. The summed E-state index contributed by atoms with van der Waals surface area (Å²) in [6.45, 7) is 1.36. The number of nitrogens with one attached hydrogen (secondary N) is 2. The van der Waals surface area contributed by atoms with Gasteiger partial charge in [-0.15, -0.1) is 22.7 Å². The van der Waals surface area contributed by atoms with Crippen LogP contribution in [0.2, 0.25) is 0 Å². The third-order valence-corrected chi connectivity index (χ3v) is 7.66. The lowest BCUT2D eigenvalue weighted by Gasteiger charge is -2.33. The highest BCUT2D eigenvalue weighted by molar-refractivity contribution is 7.98. The van der Waals surface area contributed by atoms with E-state index in [-0.39, 0.29) is 24.0 Å². The highest BCUT2D eigenvalue weighted by atomic mass is 32.2. The van der Waals surface area contributed by atoms with Gasteiger partial charge >= 0.3 is 6.03 Å². The van der Waals surface area contributed by atoms with Crippen LogP contribution >= 0.6 is 34.4 Å². The molecule has 26 heavy (non-hydrogen) atoms. The second-order valence-corrected chi connectivity index (χ2v) is 9.58. The number of hydrogen-bond acceptors (Lipinski definition) is 5. The molecule has 8 heteroatoms. The SMILES string of the molecule is CSCC[C@@H]1NC(=O)N(C[NH+]2CCc3sccc3[C@@H]2c2cccs2)C1=O. The second kappa shape index (κ2) is 7.72. The van der Waals surface area contributed by atoms with Gasteiger partial charge in [0.25, 0.3) is 5.91 Å². The third-order valence-electron chi connectivity index (χ3n) is 5.08. The van der Waals surface area contributed by atoms with E-state index in [4.69, 9.17) is 0 Å². The predicted octanol–water partition coefficient (Wildman–Crippen LogP) is 1.97. The minimum atomic E-state index is -0.365. The van der Waals surface area contributed by atoms with Crippen LogP contribution in [0, 0.1) is 0 Å². The van der Waals surface area contributed by atoms with E-state index < -0.39 is 0 Å². The van der Waals surface area contributed by atoms with Crippen molar-refractivity contribution in [2.24, 2.45) is 0 Å². The average Bonchev–Trinajstić information content (AvgIpc) is 3.37.